The number of benzene rings is 2. The molecule has 3 aromatic heterocycles. The number of hydrogen-bond acceptors (Lipinski definition) is 5. The number of pyridine rings is 2. The van der Waals surface area contributed by atoms with Gasteiger partial charge in [0.15, 0.2) is 5.65 Å². The van der Waals surface area contributed by atoms with Gasteiger partial charge in [-0.3, -0.25) is 9.78 Å². The van der Waals surface area contributed by atoms with E-state index in [0.29, 0.717) is 17.8 Å². The number of aromatic nitrogens is 5. The van der Waals surface area contributed by atoms with E-state index in [1.54, 1.807) is 24.0 Å². The second kappa shape index (κ2) is 7.36. The summed E-state index contributed by atoms with van der Waals surface area (Å²) in [6, 6.07) is 21.3. The molecule has 3 heterocycles. The molecule has 0 atom stereocenters. The van der Waals surface area contributed by atoms with Crippen LogP contribution in [-0.4, -0.2) is 37.9 Å². The zero-order valence-electron chi connectivity index (χ0n) is 16.3. The molecule has 0 aliphatic carbocycles. The van der Waals surface area contributed by atoms with Crippen molar-refractivity contribution in [3.05, 3.63) is 84.1 Å². The largest absolute Gasteiger partial charge is 0.355 e. The number of rotatable bonds is 4. The fraction of sp³-hybridized carbons (Fsp3) is 0.0870. The minimum Gasteiger partial charge on any atom is -0.355 e. The van der Waals surface area contributed by atoms with E-state index in [1.165, 1.54) is 0 Å². The lowest BCUT2D eigenvalue weighted by atomic mass is 10.1. The lowest BCUT2D eigenvalue weighted by Gasteiger charge is -2.06. The predicted octanol–water partition coefficient (Wildman–Crippen LogP) is 3.45. The summed E-state index contributed by atoms with van der Waals surface area (Å²) < 4.78 is 1.79. The van der Waals surface area contributed by atoms with Crippen LogP contribution in [0.3, 0.4) is 0 Å². The number of fused-ring (bicyclic) bond motifs is 2. The molecule has 0 spiro atoms. The summed E-state index contributed by atoms with van der Waals surface area (Å²) in [6.07, 6.45) is 1.79. The van der Waals surface area contributed by atoms with E-state index in [0.717, 1.165) is 33.2 Å². The summed E-state index contributed by atoms with van der Waals surface area (Å²) in [5.74, 6) is -0.129. The molecule has 2 aromatic carbocycles. The molecule has 0 fully saturated rings. The van der Waals surface area contributed by atoms with E-state index in [4.69, 9.17) is 4.98 Å². The van der Waals surface area contributed by atoms with E-state index in [-0.39, 0.29) is 5.91 Å². The summed E-state index contributed by atoms with van der Waals surface area (Å²) in [5.41, 5.74) is 5.69. The average Bonchev–Trinajstić information content (AvgIpc) is 3.20. The Bertz CT molecular complexity index is 1390. The Morgan fingerprint density at radius 1 is 1.00 bits per heavy atom. The Hall–Kier alpha value is -4.13. The van der Waals surface area contributed by atoms with Crippen LogP contribution in [0.2, 0.25) is 0 Å². The number of carbonyl (C=O) groups is 1. The van der Waals surface area contributed by atoms with Crippen LogP contribution in [-0.2, 0) is 6.54 Å². The lowest BCUT2D eigenvalue weighted by molar-refractivity contribution is 0.0963. The van der Waals surface area contributed by atoms with Crippen LogP contribution in [0.5, 0.6) is 0 Å². The van der Waals surface area contributed by atoms with Gasteiger partial charge in [0.2, 0.25) is 0 Å². The van der Waals surface area contributed by atoms with Gasteiger partial charge in [0.1, 0.15) is 5.52 Å². The molecule has 30 heavy (non-hydrogen) atoms. The molecule has 0 bridgehead atoms. The maximum Gasteiger partial charge on any atom is 0.251 e. The molecule has 0 aliphatic heterocycles. The fourth-order valence-electron chi connectivity index (χ4n) is 3.48. The Morgan fingerprint density at radius 2 is 1.90 bits per heavy atom. The number of carbonyl (C=O) groups excluding carboxylic acids is 1. The zero-order valence-corrected chi connectivity index (χ0v) is 16.3. The Kier molecular flexibility index (Phi) is 4.40. The number of nitrogens with one attached hydrogen (secondary N) is 1. The van der Waals surface area contributed by atoms with E-state index < -0.39 is 0 Å². The molecule has 5 aromatic rings. The first-order valence-electron chi connectivity index (χ1n) is 9.58. The monoisotopic (exact) mass is 394 g/mol. The van der Waals surface area contributed by atoms with Crippen molar-refractivity contribution >= 4 is 28.0 Å². The van der Waals surface area contributed by atoms with Crippen molar-refractivity contribution in [2.24, 2.45) is 0 Å². The molecule has 146 valence electrons. The van der Waals surface area contributed by atoms with Crippen LogP contribution >= 0.6 is 0 Å². The van der Waals surface area contributed by atoms with Crippen molar-refractivity contribution in [1.29, 1.82) is 0 Å². The van der Waals surface area contributed by atoms with Gasteiger partial charge >= 0.3 is 0 Å². The van der Waals surface area contributed by atoms with Crippen LogP contribution in [0.25, 0.3) is 33.3 Å². The van der Waals surface area contributed by atoms with E-state index in [9.17, 15) is 4.79 Å². The Morgan fingerprint density at radius 3 is 2.80 bits per heavy atom. The van der Waals surface area contributed by atoms with Crippen LogP contribution in [0.4, 0.5) is 0 Å². The van der Waals surface area contributed by atoms with Crippen molar-refractivity contribution in [3.63, 3.8) is 0 Å². The smallest absolute Gasteiger partial charge is 0.251 e. The molecule has 0 saturated heterocycles. The van der Waals surface area contributed by atoms with Crippen molar-refractivity contribution in [1.82, 2.24) is 30.3 Å². The second-order valence-electron chi connectivity index (χ2n) is 6.98. The van der Waals surface area contributed by atoms with Gasteiger partial charge in [0, 0.05) is 29.8 Å². The van der Waals surface area contributed by atoms with Crippen LogP contribution in [0.1, 0.15) is 15.9 Å². The van der Waals surface area contributed by atoms with E-state index in [2.05, 4.69) is 26.7 Å². The topological polar surface area (TPSA) is 85.6 Å². The average molecular weight is 394 g/mol. The number of amides is 1. The molecule has 1 N–H and O–H groups in total. The highest BCUT2D eigenvalue weighted by Gasteiger charge is 2.11. The first kappa shape index (κ1) is 17.9. The first-order chi connectivity index (χ1) is 14.7. The summed E-state index contributed by atoms with van der Waals surface area (Å²) in [5, 5.41) is 12.3. The third-order valence-electron chi connectivity index (χ3n) is 5.01. The molecule has 7 nitrogen and oxygen atoms in total. The summed E-state index contributed by atoms with van der Waals surface area (Å²) in [7, 11) is 1.62. The van der Waals surface area contributed by atoms with Gasteiger partial charge in [-0.1, -0.05) is 29.5 Å². The molecule has 0 saturated carbocycles. The van der Waals surface area contributed by atoms with Gasteiger partial charge in [-0.25, -0.2) is 9.67 Å². The first-order valence-corrected chi connectivity index (χ1v) is 9.58. The van der Waals surface area contributed by atoms with Gasteiger partial charge < -0.3 is 5.32 Å². The highest BCUT2D eigenvalue weighted by atomic mass is 16.1. The van der Waals surface area contributed by atoms with Crippen LogP contribution < -0.4 is 5.32 Å². The maximum absolute atomic E-state index is 12.0. The minimum atomic E-state index is -0.129. The standard InChI is InChI=1S/C23H18N6O/c1-24-23(30)18-5-2-4-17(13-18)20-9-10-21-22(26-20)29(28-27-21)14-15-7-8-19-16(12-15)6-3-11-25-19/h2-13H,14H2,1H3,(H,24,30). The number of nitrogens with zero attached hydrogens (tertiary/aromatic N) is 5. The van der Waals surface area contributed by atoms with Crippen molar-refractivity contribution in [2.45, 2.75) is 6.54 Å². The van der Waals surface area contributed by atoms with Crippen LogP contribution in [0.15, 0.2) is 72.9 Å². The number of hydrogen-bond donors (Lipinski definition) is 1. The fourth-order valence-corrected chi connectivity index (χ4v) is 3.48. The second-order valence-corrected chi connectivity index (χ2v) is 6.98. The van der Waals surface area contributed by atoms with Crippen molar-refractivity contribution in [3.8, 4) is 11.3 Å². The molecular weight excluding hydrogens is 376 g/mol. The minimum absolute atomic E-state index is 0.129. The molecule has 0 radical (unpaired) electrons. The maximum atomic E-state index is 12.0. The van der Waals surface area contributed by atoms with Gasteiger partial charge in [-0.2, -0.15) is 0 Å². The highest BCUT2D eigenvalue weighted by Crippen LogP contribution is 2.22. The molecule has 5 rings (SSSR count). The third kappa shape index (κ3) is 3.26. The zero-order chi connectivity index (χ0) is 20.5. The van der Waals surface area contributed by atoms with Gasteiger partial charge in [0.25, 0.3) is 5.91 Å². The predicted molar refractivity (Wildman–Crippen MR) is 115 cm³/mol. The molecule has 7 heteroatoms. The SMILES string of the molecule is CNC(=O)c1cccc(-c2ccc3nnn(Cc4ccc5ncccc5c4)c3n2)c1. The molecular formula is C23H18N6O. The van der Waals surface area contributed by atoms with Crippen molar-refractivity contribution in [2.75, 3.05) is 7.05 Å². The van der Waals surface area contributed by atoms with Crippen LogP contribution in [0, 0.1) is 0 Å². The molecule has 1 amide bonds. The normalized spacial score (nSPS) is 11.1. The van der Waals surface area contributed by atoms with E-state index in [1.807, 2.05) is 54.6 Å². The molecule has 0 aliphatic rings. The van der Waals surface area contributed by atoms with Gasteiger partial charge in [-0.15, -0.1) is 5.10 Å². The molecule has 0 unspecified atom stereocenters. The summed E-state index contributed by atoms with van der Waals surface area (Å²) in [6.45, 7) is 0.552. The summed E-state index contributed by atoms with van der Waals surface area (Å²) >= 11 is 0. The Balaban J connectivity index is 1.52. The van der Waals surface area contributed by atoms with Gasteiger partial charge in [0.05, 0.1) is 17.8 Å². The summed E-state index contributed by atoms with van der Waals surface area (Å²) in [4.78, 5) is 21.1. The van der Waals surface area contributed by atoms with Gasteiger partial charge in [-0.05, 0) is 48.0 Å². The highest BCUT2D eigenvalue weighted by molar-refractivity contribution is 5.95. The third-order valence-corrected chi connectivity index (χ3v) is 5.01. The van der Waals surface area contributed by atoms with Crippen molar-refractivity contribution < 1.29 is 4.79 Å². The lowest BCUT2D eigenvalue weighted by Crippen LogP contribution is -2.17. The Labute approximate surface area is 172 Å². The van der Waals surface area contributed by atoms with E-state index >= 15 is 0 Å². The quantitative estimate of drug-likeness (QED) is 0.505.